The van der Waals surface area contributed by atoms with Crippen LogP contribution in [0.4, 0.5) is 10.8 Å². The summed E-state index contributed by atoms with van der Waals surface area (Å²) >= 11 is 3.39. The third-order valence-electron chi connectivity index (χ3n) is 3.70. The van der Waals surface area contributed by atoms with Gasteiger partial charge in [-0.3, -0.25) is 14.2 Å². The van der Waals surface area contributed by atoms with Crippen LogP contribution in [0.5, 0.6) is 0 Å². The van der Waals surface area contributed by atoms with Gasteiger partial charge in [-0.15, -0.1) is 11.3 Å². The Morgan fingerprint density at radius 2 is 2.04 bits per heavy atom. The van der Waals surface area contributed by atoms with Crippen LogP contribution in [0.1, 0.15) is 12.1 Å². The normalized spacial score (nSPS) is 11.3. The van der Waals surface area contributed by atoms with E-state index in [4.69, 9.17) is 0 Å². The molecule has 0 spiro atoms. The van der Waals surface area contributed by atoms with E-state index in [1.54, 1.807) is 28.4 Å². The number of sulfonamides is 1. The minimum absolute atomic E-state index is 0.0949. The highest BCUT2D eigenvalue weighted by atomic mass is 127. The van der Waals surface area contributed by atoms with Crippen LogP contribution in [-0.4, -0.2) is 29.1 Å². The molecule has 0 aliphatic carbocycles. The standard InChI is InChI=1S/C16H16IN5O3S2/c1-11-14(17)10-19-22(11)8-6-15(23)20-12-2-4-13(5-3-12)27(24,25)21-16-18-7-9-26-16/h2-5,7,9-10H,6,8H2,1H3,(H,18,21)(H,20,23). The molecule has 0 radical (unpaired) electrons. The number of amides is 1. The topological polar surface area (TPSA) is 106 Å². The van der Waals surface area contributed by atoms with Gasteiger partial charge < -0.3 is 5.32 Å². The number of rotatable bonds is 7. The van der Waals surface area contributed by atoms with Crippen LogP contribution in [0.15, 0.2) is 46.9 Å². The summed E-state index contributed by atoms with van der Waals surface area (Å²) in [5, 5.41) is 8.95. The Balaban J connectivity index is 1.58. The van der Waals surface area contributed by atoms with Gasteiger partial charge in [-0.25, -0.2) is 13.4 Å². The SMILES string of the molecule is Cc1c(I)cnn1CCC(=O)Nc1ccc(S(=O)(=O)Nc2nccs2)cc1. The monoisotopic (exact) mass is 517 g/mol. The number of thiazole rings is 1. The molecule has 142 valence electrons. The molecule has 2 heterocycles. The van der Waals surface area contributed by atoms with Crippen molar-refractivity contribution in [3.63, 3.8) is 0 Å². The maximum atomic E-state index is 12.3. The number of hydrogen-bond donors (Lipinski definition) is 2. The summed E-state index contributed by atoms with van der Waals surface area (Å²) in [6.45, 7) is 2.43. The number of carbonyl (C=O) groups is 1. The fourth-order valence-electron chi connectivity index (χ4n) is 2.25. The lowest BCUT2D eigenvalue weighted by atomic mass is 10.3. The van der Waals surface area contributed by atoms with Crippen LogP contribution in [0.25, 0.3) is 0 Å². The van der Waals surface area contributed by atoms with Crippen molar-refractivity contribution < 1.29 is 13.2 Å². The summed E-state index contributed by atoms with van der Waals surface area (Å²) in [6, 6.07) is 5.98. The number of nitrogens with one attached hydrogen (secondary N) is 2. The van der Waals surface area contributed by atoms with Crippen molar-refractivity contribution in [2.24, 2.45) is 0 Å². The fraction of sp³-hybridized carbons (Fsp3) is 0.188. The Morgan fingerprint density at radius 1 is 1.30 bits per heavy atom. The Hall–Kier alpha value is -1.99. The number of nitrogens with zero attached hydrogens (tertiary/aromatic N) is 3. The number of aromatic nitrogens is 3. The first-order valence-corrected chi connectivity index (χ1v) is 11.3. The lowest BCUT2D eigenvalue weighted by Gasteiger charge is -2.08. The van der Waals surface area contributed by atoms with Gasteiger partial charge >= 0.3 is 0 Å². The predicted molar refractivity (Wildman–Crippen MR) is 112 cm³/mol. The number of aryl methyl sites for hydroxylation is 1. The first kappa shape index (κ1) is 19.8. The van der Waals surface area contributed by atoms with E-state index in [-0.39, 0.29) is 17.2 Å². The summed E-state index contributed by atoms with van der Waals surface area (Å²) in [7, 11) is -3.70. The summed E-state index contributed by atoms with van der Waals surface area (Å²) < 4.78 is 29.8. The van der Waals surface area contributed by atoms with Crippen LogP contribution in [-0.2, 0) is 21.4 Å². The first-order valence-electron chi connectivity index (χ1n) is 7.85. The molecule has 0 fully saturated rings. The molecular weight excluding hydrogens is 501 g/mol. The van der Waals surface area contributed by atoms with E-state index in [0.717, 1.165) is 9.26 Å². The van der Waals surface area contributed by atoms with E-state index < -0.39 is 10.0 Å². The van der Waals surface area contributed by atoms with Gasteiger partial charge in [-0.1, -0.05) is 0 Å². The van der Waals surface area contributed by atoms with Crippen LogP contribution >= 0.6 is 33.9 Å². The summed E-state index contributed by atoms with van der Waals surface area (Å²) in [6.07, 6.45) is 3.55. The largest absolute Gasteiger partial charge is 0.326 e. The van der Waals surface area contributed by atoms with E-state index in [1.165, 1.54) is 29.7 Å². The van der Waals surface area contributed by atoms with Crippen LogP contribution in [0.2, 0.25) is 0 Å². The maximum absolute atomic E-state index is 12.3. The molecular formula is C16H16IN5O3S2. The first-order chi connectivity index (χ1) is 12.8. The average molecular weight is 517 g/mol. The van der Waals surface area contributed by atoms with Crippen molar-refractivity contribution in [2.45, 2.75) is 24.8 Å². The molecule has 2 aromatic heterocycles. The van der Waals surface area contributed by atoms with Gasteiger partial charge in [0.25, 0.3) is 10.0 Å². The highest BCUT2D eigenvalue weighted by Crippen LogP contribution is 2.19. The number of hydrogen-bond acceptors (Lipinski definition) is 6. The van der Waals surface area contributed by atoms with Crippen molar-refractivity contribution in [3.05, 3.63) is 51.3 Å². The highest BCUT2D eigenvalue weighted by Gasteiger charge is 2.15. The van der Waals surface area contributed by atoms with Gasteiger partial charge in [-0.05, 0) is 53.8 Å². The van der Waals surface area contributed by atoms with E-state index >= 15 is 0 Å². The zero-order chi connectivity index (χ0) is 19.4. The van der Waals surface area contributed by atoms with Crippen molar-refractivity contribution in [3.8, 4) is 0 Å². The summed E-state index contributed by atoms with van der Waals surface area (Å²) in [5.74, 6) is -0.170. The zero-order valence-electron chi connectivity index (χ0n) is 14.2. The van der Waals surface area contributed by atoms with Crippen LogP contribution in [0, 0.1) is 10.5 Å². The maximum Gasteiger partial charge on any atom is 0.263 e. The molecule has 27 heavy (non-hydrogen) atoms. The smallest absolute Gasteiger partial charge is 0.263 e. The molecule has 0 saturated carbocycles. The van der Waals surface area contributed by atoms with E-state index in [0.29, 0.717) is 17.4 Å². The summed E-state index contributed by atoms with van der Waals surface area (Å²) in [4.78, 5) is 16.1. The lowest BCUT2D eigenvalue weighted by molar-refractivity contribution is -0.116. The minimum Gasteiger partial charge on any atom is -0.326 e. The number of anilines is 2. The van der Waals surface area contributed by atoms with Crippen molar-refractivity contribution in [1.82, 2.24) is 14.8 Å². The molecule has 3 aromatic rings. The van der Waals surface area contributed by atoms with Crippen LogP contribution < -0.4 is 10.0 Å². The molecule has 0 aliphatic heterocycles. The minimum atomic E-state index is -3.70. The highest BCUT2D eigenvalue weighted by molar-refractivity contribution is 14.1. The second-order valence-electron chi connectivity index (χ2n) is 5.57. The number of halogens is 1. The molecule has 11 heteroatoms. The fourth-order valence-corrected chi connectivity index (χ4v) is 4.44. The summed E-state index contributed by atoms with van der Waals surface area (Å²) in [5.41, 5.74) is 1.55. The zero-order valence-corrected chi connectivity index (χ0v) is 18.0. The van der Waals surface area contributed by atoms with Gasteiger partial charge in [-0.2, -0.15) is 5.10 Å². The van der Waals surface area contributed by atoms with Gasteiger partial charge in [0.15, 0.2) is 5.13 Å². The second-order valence-corrected chi connectivity index (χ2v) is 9.31. The Labute approximate surface area is 174 Å². The number of benzene rings is 1. The van der Waals surface area contributed by atoms with Gasteiger partial charge in [0.1, 0.15) is 0 Å². The molecule has 0 saturated heterocycles. The third kappa shape index (κ3) is 5.05. The molecule has 0 bridgehead atoms. The van der Waals surface area contributed by atoms with Gasteiger partial charge in [0.2, 0.25) is 5.91 Å². The van der Waals surface area contributed by atoms with E-state index in [1.807, 2.05) is 6.92 Å². The van der Waals surface area contributed by atoms with Gasteiger partial charge in [0.05, 0.1) is 21.2 Å². The molecule has 0 aliphatic rings. The third-order valence-corrected chi connectivity index (χ3v) is 6.93. The van der Waals surface area contributed by atoms with Crippen molar-refractivity contribution in [2.75, 3.05) is 10.0 Å². The van der Waals surface area contributed by atoms with Crippen molar-refractivity contribution in [1.29, 1.82) is 0 Å². The molecule has 0 unspecified atom stereocenters. The van der Waals surface area contributed by atoms with Crippen molar-refractivity contribution >= 4 is 60.7 Å². The Kier molecular flexibility index (Phi) is 6.11. The Bertz CT molecular complexity index is 1030. The second kappa shape index (κ2) is 8.35. The van der Waals surface area contributed by atoms with E-state index in [2.05, 4.69) is 42.7 Å². The quantitative estimate of drug-likeness (QED) is 0.469. The van der Waals surface area contributed by atoms with E-state index in [9.17, 15) is 13.2 Å². The number of carbonyl (C=O) groups excluding carboxylic acids is 1. The lowest BCUT2D eigenvalue weighted by Crippen LogP contribution is -2.16. The predicted octanol–water partition coefficient (Wildman–Crippen LogP) is 3.08. The van der Waals surface area contributed by atoms with Crippen LogP contribution in [0.3, 0.4) is 0 Å². The van der Waals surface area contributed by atoms with Gasteiger partial charge in [0, 0.05) is 29.4 Å². The molecule has 3 rings (SSSR count). The molecule has 2 N–H and O–H groups in total. The molecule has 8 nitrogen and oxygen atoms in total. The molecule has 1 aromatic carbocycles. The molecule has 0 atom stereocenters. The molecule has 1 amide bonds. The Morgan fingerprint density at radius 3 is 2.63 bits per heavy atom. The average Bonchev–Trinajstić information content (AvgIpc) is 3.24.